The maximum atomic E-state index is 10.8. The molecule has 0 bridgehead atoms. The van der Waals surface area contributed by atoms with Gasteiger partial charge in [0.1, 0.15) is 17.5 Å². The Labute approximate surface area is 132 Å². The summed E-state index contributed by atoms with van der Waals surface area (Å²) in [6.07, 6.45) is 1.67. The van der Waals surface area contributed by atoms with Crippen molar-refractivity contribution in [3.05, 3.63) is 40.1 Å². The van der Waals surface area contributed by atoms with Gasteiger partial charge in [0.15, 0.2) is 5.75 Å². The summed E-state index contributed by atoms with van der Waals surface area (Å²) in [5.41, 5.74) is 1.30. The highest BCUT2D eigenvalue weighted by atomic mass is 79.9. The van der Waals surface area contributed by atoms with Gasteiger partial charge in [0.2, 0.25) is 0 Å². The maximum absolute atomic E-state index is 10.8. The van der Waals surface area contributed by atoms with Gasteiger partial charge in [-0.2, -0.15) is 5.10 Å². The van der Waals surface area contributed by atoms with Crippen LogP contribution in [0.3, 0.4) is 0 Å². The Bertz CT molecular complexity index is 613. The first-order valence-electron chi connectivity index (χ1n) is 6.73. The molecule has 0 aliphatic carbocycles. The predicted octanol–water partition coefficient (Wildman–Crippen LogP) is 3.15. The highest BCUT2D eigenvalue weighted by molar-refractivity contribution is 9.10. The van der Waals surface area contributed by atoms with Gasteiger partial charge in [0, 0.05) is 16.6 Å². The Morgan fingerprint density at radius 1 is 1.29 bits per heavy atom. The molecule has 21 heavy (non-hydrogen) atoms. The van der Waals surface area contributed by atoms with Crippen molar-refractivity contribution in [3.8, 4) is 11.5 Å². The summed E-state index contributed by atoms with van der Waals surface area (Å²) in [7, 11) is 3.15. The molecule has 0 radical (unpaired) electrons. The van der Waals surface area contributed by atoms with Gasteiger partial charge < -0.3 is 14.6 Å². The molecule has 2 rings (SSSR count). The molecule has 0 amide bonds. The van der Waals surface area contributed by atoms with Crippen LogP contribution in [0.5, 0.6) is 11.5 Å². The van der Waals surface area contributed by atoms with Gasteiger partial charge >= 0.3 is 0 Å². The number of rotatable bonds is 6. The number of benzene rings is 1. The monoisotopic (exact) mass is 354 g/mol. The third-order valence-corrected chi connectivity index (χ3v) is 3.74. The van der Waals surface area contributed by atoms with E-state index in [0.717, 1.165) is 10.9 Å². The lowest BCUT2D eigenvalue weighted by Crippen LogP contribution is -2.12. The zero-order chi connectivity index (χ0) is 15.4. The molecule has 0 spiro atoms. The zero-order valence-electron chi connectivity index (χ0n) is 12.3. The Morgan fingerprint density at radius 3 is 2.62 bits per heavy atom. The molecule has 1 aromatic carbocycles. The Kier molecular flexibility index (Phi) is 5.25. The molecule has 1 aromatic heterocycles. The second-order valence-corrected chi connectivity index (χ2v) is 5.53. The largest absolute Gasteiger partial charge is 0.496 e. The number of aliphatic hydroxyl groups is 1. The molecule has 1 atom stereocenters. The zero-order valence-corrected chi connectivity index (χ0v) is 13.9. The molecule has 2 aromatic rings. The minimum atomic E-state index is -0.874. The van der Waals surface area contributed by atoms with E-state index in [2.05, 4.69) is 28.0 Å². The maximum Gasteiger partial charge on any atom is 0.163 e. The van der Waals surface area contributed by atoms with Crippen LogP contribution in [0.25, 0.3) is 0 Å². The van der Waals surface area contributed by atoms with E-state index < -0.39 is 6.10 Å². The number of halogens is 1. The number of nitrogens with zero attached hydrogens (tertiary/aromatic N) is 2. The second-order valence-electron chi connectivity index (χ2n) is 4.61. The number of aromatic nitrogens is 2. The van der Waals surface area contributed by atoms with Crippen LogP contribution in [0.2, 0.25) is 0 Å². The van der Waals surface area contributed by atoms with Crippen LogP contribution in [0.15, 0.2) is 28.9 Å². The van der Waals surface area contributed by atoms with Crippen LogP contribution in [0.4, 0.5) is 0 Å². The Balaban J connectivity index is 2.51. The lowest BCUT2D eigenvalue weighted by Gasteiger charge is -2.18. The molecule has 6 heteroatoms. The number of hydrogen-bond acceptors (Lipinski definition) is 4. The van der Waals surface area contributed by atoms with Gasteiger partial charge in [0.25, 0.3) is 0 Å². The van der Waals surface area contributed by atoms with Crippen LogP contribution in [0, 0.1) is 0 Å². The lowest BCUT2D eigenvalue weighted by atomic mass is 10.0. The summed E-state index contributed by atoms with van der Waals surface area (Å²) in [5, 5.41) is 15.1. The van der Waals surface area contributed by atoms with Gasteiger partial charge in [-0.3, -0.25) is 4.68 Å². The van der Waals surface area contributed by atoms with Crippen molar-refractivity contribution in [2.45, 2.75) is 26.0 Å². The first-order valence-corrected chi connectivity index (χ1v) is 7.52. The van der Waals surface area contributed by atoms with E-state index in [1.165, 1.54) is 0 Å². The van der Waals surface area contributed by atoms with Crippen molar-refractivity contribution < 1.29 is 14.6 Å². The summed E-state index contributed by atoms with van der Waals surface area (Å²) < 4.78 is 13.3. The number of aliphatic hydroxyl groups excluding tert-OH is 1. The molecule has 0 aliphatic heterocycles. The van der Waals surface area contributed by atoms with E-state index in [-0.39, 0.29) is 0 Å². The molecular weight excluding hydrogens is 336 g/mol. The molecule has 0 aliphatic rings. The molecule has 1 heterocycles. The lowest BCUT2D eigenvalue weighted by molar-refractivity contribution is 0.197. The van der Waals surface area contributed by atoms with Crippen molar-refractivity contribution in [1.29, 1.82) is 0 Å². The normalized spacial score (nSPS) is 12.2. The van der Waals surface area contributed by atoms with Gasteiger partial charge in [-0.1, -0.05) is 22.9 Å². The summed E-state index contributed by atoms with van der Waals surface area (Å²) >= 11 is 3.42. The summed E-state index contributed by atoms with van der Waals surface area (Å²) in [6.45, 7) is 2.77. The molecule has 5 nitrogen and oxygen atoms in total. The molecule has 114 valence electrons. The fourth-order valence-corrected chi connectivity index (χ4v) is 2.65. The van der Waals surface area contributed by atoms with E-state index in [0.29, 0.717) is 29.3 Å². The van der Waals surface area contributed by atoms with E-state index in [4.69, 9.17) is 9.47 Å². The second kappa shape index (κ2) is 6.95. The van der Waals surface area contributed by atoms with Gasteiger partial charge in [-0.15, -0.1) is 0 Å². The van der Waals surface area contributed by atoms with Crippen LogP contribution in [-0.2, 0) is 6.54 Å². The van der Waals surface area contributed by atoms with Gasteiger partial charge in [-0.25, -0.2) is 0 Å². The first-order chi connectivity index (χ1) is 10.1. The number of aryl methyl sites for hydroxylation is 1. The predicted molar refractivity (Wildman–Crippen MR) is 83.8 cm³/mol. The molecule has 0 fully saturated rings. The van der Waals surface area contributed by atoms with Crippen molar-refractivity contribution in [3.63, 3.8) is 0 Å². The average Bonchev–Trinajstić information content (AvgIpc) is 2.89. The molecule has 0 saturated carbocycles. The average molecular weight is 355 g/mol. The number of methoxy groups -OCH3 is 2. The highest BCUT2D eigenvalue weighted by Gasteiger charge is 2.24. The van der Waals surface area contributed by atoms with Crippen molar-refractivity contribution >= 4 is 15.9 Å². The third-order valence-electron chi connectivity index (χ3n) is 3.25. The molecular formula is C15H19BrN2O3. The summed E-state index contributed by atoms with van der Waals surface area (Å²) in [5.74, 6) is 1.19. The fourth-order valence-electron chi connectivity index (χ4n) is 2.27. The summed E-state index contributed by atoms with van der Waals surface area (Å²) in [6, 6.07) is 5.53. The van der Waals surface area contributed by atoms with Crippen molar-refractivity contribution in [1.82, 2.24) is 9.78 Å². The van der Waals surface area contributed by atoms with Crippen LogP contribution in [-0.4, -0.2) is 29.1 Å². The molecule has 0 saturated heterocycles. The van der Waals surface area contributed by atoms with E-state index in [1.807, 2.05) is 18.2 Å². The van der Waals surface area contributed by atoms with E-state index in [1.54, 1.807) is 25.1 Å². The van der Waals surface area contributed by atoms with Crippen LogP contribution < -0.4 is 9.47 Å². The minimum Gasteiger partial charge on any atom is -0.496 e. The fraction of sp³-hybridized carbons (Fsp3) is 0.400. The smallest absolute Gasteiger partial charge is 0.163 e. The molecule has 1 N–H and O–H groups in total. The number of ether oxygens (including phenoxy) is 2. The Hall–Kier alpha value is -1.53. The quantitative estimate of drug-likeness (QED) is 0.865. The Morgan fingerprint density at radius 2 is 2.00 bits per heavy atom. The highest BCUT2D eigenvalue weighted by Crippen LogP contribution is 2.36. The van der Waals surface area contributed by atoms with E-state index in [9.17, 15) is 5.11 Å². The summed E-state index contributed by atoms with van der Waals surface area (Å²) in [4.78, 5) is 0. The third kappa shape index (κ3) is 3.22. The molecule has 1 unspecified atom stereocenters. The van der Waals surface area contributed by atoms with Crippen molar-refractivity contribution in [2.75, 3.05) is 14.2 Å². The van der Waals surface area contributed by atoms with Crippen molar-refractivity contribution in [2.24, 2.45) is 0 Å². The SMILES string of the molecule is CCCn1ncc(OC)c1C(O)c1cc(Br)ccc1OC. The minimum absolute atomic E-state index is 0.568. The standard InChI is InChI=1S/C15H19BrN2O3/c1-4-7-18-14(13(21-3)9-17-18)15(19)11-8-10(16)5-6-12(11)20-2/h5-6,8-9,15,19H,4,7H2,1-3H3. The van der Waals surface area contributed by atoms with Gasteiger partial charge in [0.05, 0.1) is 20.4 Å². The van der Waals surface area contributed by atoms with Gasteiger partial charge in [-0.05, 0) is 24.6 Å². The number of hydrogen-bond donors (Lipinski definition) is 1. The van der Waals surface area contributed by atoms with Crippen LogP contribution >= 0.6 is 15.9 Å². The topological polar surface area (TPSA) is 56.5 Å². The first kappa shape index (κ1) is 15.9. The van der Waals surface area contributed by atoms with Crippen LogP contribution in [0.1, 0.15) is 30.7 Å². The van der Waals surface area contributed by atoms with E-state index >= 15 is 0 Å².